The number of anilines is 1. The standard InChI is InChI=1S/C24H21N3O5/c1-16-6-9-20(31-16)12-13-22(28)25-18-4-3-5-21(14-18)30-15-23-26-27-24(32-23)17-7-10-19(29-2)11-8-17/h3-14H,15H2,1-2H3,(H,25,28)/b13-12+. The molecule has 0 spiro atoms. The van der Waals surface area contributed by atoms with Gasteiger partial charge in [-0.3, -0.25) is 4.79 Å². The van der Waals surface area contributed by atoms with Gasteiger partial charge < -0.3 is 23.6 Å². The number of nitrogens with one attached hydrogen (secondary N) is 1. The molecule has 2 aromatic heterocycles. The van der Waals surface area contributed by atoms with Crippen LogP contribution in [-0.4, -0.2) is 23.2 Å². The van der Waals surface area contributed by atoms with Crippen LogP contribution in [0.3, 0.4) is 0 Å². The fraction of sp³-hybridized carbons (Fsp3) is 0.125. The second-order valence-electron chi connectivity index (χ2n) is 6.82. The van der Waals surface area contributed by atoms with Crippen LogP contribution in [0.1, 0.15) is 17.4 Å². The highest BCUT2D eigenvalue weighted by Crippen LogP contribution is 2.22. The second kappa shape index (κ2) is 9.65. The van der Waals surface area contributed by atoms with Gasteiger partial charge in [0.2, 0.25) is 11.8 Å². The van der Waals surface area contributed by atoms with E-state index in [1.165, 1.54) is 6.08 Å². The average molecular weight is 431 g/mol. The number of nitrogens with zero attached hydrogens (tertiary/aromatic N) is 2. The van der Waals surface area contributed by atoms with Crippen LogP contribution >= 0.6 is 0 Å². The Morgan fingerprint density at radius 1 is 1.03 bits per heavy atom. The van der Waals surface area contributed by atoms with Gasteiger partial charge in [-0.25, -0.2) is 0 Å². The lowest BCUT2D eigenvalue weighted by atomic mass is 10.2. The Balaban J connectivity index is 1.33. The first-order chi connectivity index (χ1) is 15.6. The van der Waals surface area contributed by atoms with Crippen molar-refractivity contribution in [2.24, 2.45) is 0 Å². The summed E-state index contributed by atoms with van der Waals surface area (Å²) in [4.78, 5) is 12.1. The summed E-state index contributed by atoms with van der Waals surface area (Å²) in [6, 6.07) is 18.0. The maximum absolute atomic E-state index is 12.1. The monoisotopic (exact) mass is 431 g/mol. The number of hydrogen-bond acceptors (Lipinski definition) is 7. The Bertz CT molecular complexity index is 1220. The van der Waals surface area contributed by atoms with E-state index in [0.717, 1.165) is 17.1 Å². The van der Waals surface area contributed by atoms with Crippen molar-refractivity contribution in [3.05, 3.63) is 84.2 Å². The number of rotatable bonds is 8. The van der Waals surface area contributed by atoms with Gasteiger partial charge in [-0.2, -0.15) is 0 Å². The van der Waals surface area contributed by atoms with Crippen LogP contribution < -0.4 is 14.8 Å². The zero-order valence-electron chi connectivity index (χ0n) is 17.6. The summed E-state index contributed by atoms with van der Waals surface area (Å²) in [7, 11) is 1.61. The molecule has 0 saturated heterocycles. The zero-order chi connectivity index (χ0) is 22.3. The van der Waals surface area contributed by atoms with Crippen molar-refractivity contribution in [1.82, 2.24) is 10.2 Å². The number of amides is 1. The summed E-state index contributed by atoms with van der Waals surface area (Å²) in [5.74, 6) is 3.15. The van der Waals surface area contributed by atoms with Crippen LogP contribution in [0.25, 0.3) is 17.5 Å². The summed E-state index contributed by atoms with van der Waals surface area (Å²) in [6.45, 7) is 1.94. The molecule has 0 aliphatic heterocycles. The average Bonchev–Trinajstić information content (AvgIpc) is 3.45. The first-order valence-corrected chi connectivity index (χ1v) is 9.84. The summed E-state index contributed by atoms with van der Waals surface area (Å²) >= 11 is 0. The molecule has 0 unspecified atom stereocenters. The van der Waals surface area contributed by atoms with Gasteiger partial charge in [0.15, 0.2) is 6.61 Å². The summed E-state index contributed by atoms with van der Waals surface area (Å²) in [6.07, 6.45) is 3.02. The molecule has 1 amide bonds. The number of benzene rings is 2. The predicted molar refractivity (Wildman–Crippen MR) is 118 cm³/mol. The molecule has 0 saturated carbocycles. The molecule has 1 N–H and O–H groups in total. The van der Waals surface area contributed by atoms with Crippen molar-refractivity contribution in [3.63, 3.8) is 0 Å². The highest BCUT2D eigenvalue weighted by molar-refractivity contribution is 6.01. The largest absolute Gasteiger partial charge is 0.497 e. The lowest BCUT2D eigenvalue weighted by molar-refractivity contribution is -0.111. The molecular formula is C24H21N3O5. The third-order valence-corrected chi connectivity index (χ3v) is 4.43. The van der Waals surface area contributed by atoms with Gasteiger partial charge in [0.25, 0.3) is 5.89 Å². The third-order valence-electron chi connectivity index (χ3n) is 4.43. The maximum atomic E-state index is 12.1. The van der Waals surface area contributed by atoms with E-state index >= 15 is 0 Å². The van der Waals surface area contributed by atoms with Gasteiger partial charge in [-0.1, -0.05) is 6.07 Å². The molecule has 162 valence electrons. The summed E-state index contributed by atoms with van der Waals surface area (Å²) in [5.41, 5.74) is 1.38. The predicted octanol–water partition coefficient (Wildman–Crippen LogP) is 4.88. The van der Waals surface area contributed by atoms with E-state index in [4.69, 9.17) is 18.3 Å². The van der Waals surface area contributed by atoms with E-state index < -0.39 is 0 Å². The van der Waals surface area contributed by atoms with Crippen LogP contribution in [0.2, 0.25) is 0 Å². The first kappa shape index (κ1) is 20.9. The Kier molecular flexibility index (Phi) is 6.31. The molecule has 0 aliphatic rings. The molecule has 0 bridgehead atoms. The quantitative estimate of drug-likeness (QED) is 0.397. The smallest absolute Gasteiger partial charge is 0.254 e. The van der Waals surface area contributed by atoms with E-state index in [0.29, 0.717) is 29.0 Å². The van der Waals surface area contributed by atoms with Gasteiger partial charge in [0, 0.05) is 23.4 Å². The number of ether oxygens (including phenoxy) is 2. The molecule has 0 atom stereocenters. The Morgan fingerprint density at radius 2 is 1.88 bits per heavy atom. The maximum Gasteiger partial charge on any atom is 0.254 e. The molecule has 0 radical (unpaired) electrons. The van der Waals surface area contributed by atoms with E-state index in [2.05, 4.69) is 15.5 Å². The minimum atomic E-state index is -0.280. The molecule has 4 aromatic rings. The van der Waals surface area contributed by atoms with Gasteiger partial charge in [0.1, 0.15) is 23.0 Å². The minimum Gasteiger partial charge on any atom is -0.497 e. The van der Waals surface area contributed by atoms with Crippen molar-refractivity contribution < 1.29 is 23.1 Å². The Morgan fingerprint density at radius 3 is 2.62 bits per heavy atom. The minimum absolute atomic E-state index is 0.0955. The fourth-order valence-corrected chi connectivity index (χ4v) is 2.86. The van der Waals surface area contributed by atoms with Crippen LogP contribution in [0.15, 0.2) is 75.6 Å². The number of aromatic nitrogens is 2. The van der Waals surface area contributed by atoms with Crippen LogP contribution in [0.4, 0.5) is 5.69 Å². The molecule has 4 rings (SSSR count). The van der Waals surface area contributed by atoms with Gasteiger partial charge in [0.05, 0.1) is 7.11 Å². The van der Waals surface area contributed by atoms with E-state index in [1.54, 1.807) is 43.5 Å². The molecule has 2 aromatic carbocycles. The second-order valence-corrected chi connectivity index (χ2v) is 6.82. The van der Waals surface area contributed by atoms with Crippen molar-refractivity contribution >= 4 is 17.7 Å². The zero-order valence-corrected chi connectivity index (χ0v) is 17.6. The molecule has 8 heteroatoms. The first-order valence-electron chi connectivity index (χ1n) is 9.84. The number of methoxy groups -OCH3 is 1. The Hall–Kier alpha value is -4.33. The molecular weight excluding hydrogens is 410 g/mol. The number of hydrogen-bond donors (Lipinski definition) is 1. The van der Waals surface area contributed by atoms with Crippen LogP contribution in [-0.2, 0) is 11.4 Å². The van der Waals surface area contributed by atoms with Crippen molar-refractivity contribution in [1.29, 1.82) is 0 Å². The van der Waals surface area contributed by atoms with E-state index in [9.17, 15) is 4.79 Å². The van der Waals surface area contributed by atoms with Crippen molar-refractivity contribution in [2.45, 2.75) is 13.5 Å². The highest BCUT2D eigenvalue weighted by atomic mass is 16.5. The van der Waals surface area contributed by atoms with E-state index in [1.807, 2.05) is 37.3 Å². The normalized spacial score (nSPS) is 10.9. The number of carbonyl (C=O) groups is 1. The van der Waals surface area contributed by atoms with Gasteiger partial charge >= 0.3 is 0 Å². The number of carbonyl (C=O) groups excluding carboxylic acids is 1. The summed E-state index contributed by atoms with van der Waals surface area (Å²) < 4.78 is 21.9. The number of furan rings is 1. The number of aryl methyl sites for hydroxylation is 1. The topological polar surface area (TPSA) is 99.6 Å². The summed E-state index contributed by atoms with van der Waals surface area (Å²) in [5, 5.41) is 10.8. The molecule has 32 heavy (non-hydrogen) atoms. The molecule has 0 fully saturated rings. The lowest BCUT2D eigenvalue weighted by Crippen LogP contribution is -2.07. The third kappa shape index (κ3) is 5.42. The molecule has 2 heterocycles. The fourth-order valence-electron chi connectivity index (χ4n) is 2.86. The lowest BCUT2D eigenvalue weighted by Gasteiger charge is -2.06. The van der Waals surface area contributed by atoms with E-state index in [-0.39, 0.29) is 12.5 Å². The van der Waals surface area contributed by atoms with Crippen molar-refractivity contribution in [3.8, 4) is 23.0 Å². The SMILES string of the molecule is COc1ccc(-c2nnc(COc3cccc(NC(=O)/C=C/c4ccc(C)o4)c3)o2)cc1. The van der Waals surface area contributed by atoms with Crippen LogP contribution in [0, 0.1) is 6.92 Å². The molecule has 8 nitrogen and oxygen atoms in total. The van der Waals surface area contributed by atoms with Crippen molar-refractivity contribution in [2.75, 3.05) is 12.4 Å². The highest BCUT2D eigenvalue weighted by Gasteiger charge is 2.10. The van der Waals surface area contributed by atoms with Gasteiger partial charge in [-0.05, 0) is 61.5 Å². The van der Waals surface area contributed by atoms with Crippen LogP contribution in [0.5, 0.6) is 11.5 Å². The molecule has 0 aliphatic carbocycles. The Labute approximate surface area is 184 Å². The van der Waals surface area contributed by atoms with Gasteiger partial charge in [-0.15, -0.1) is 10.2 Å².